The number of ether oxygens (including phenoxy) is 2. The number of nitrogens with zero attached hydrogens (tertiary/aromatic N) is 1. The Morgan fingerprint density at radius 2 is 1.94 bits per heavy atom. The van der Waals surface area contributed by atoms with E-state index in [1.807, 2.05) is 7.11 Å². The third-order valence-corrected chi connectivity index (χ3v) is 4.96. The van der Waals surface area contributed by atoms with Gasteiger partial charge in [0.15, 0.2) is 5.90 Å². The molecule has 4 atom stereocenters. The predicted molar refractivity (Wildman–Crippen MR) is 71.9 cm³/mol. The van der Waals surface area contributed by atoms with E-state index in [0.717, 1.165) is 18.7 Å². The minimum Gasteiger partial charge on any atom is -0.475 e. The summed E-state index contributed by atoms with van der Waals surface area (Å²) < 4.78 is 11.7. The van der Waals surface area contributed by atoms with Crippen molar-refractivity contribution in [2.45, 2.75) is 70.1 Å². The van der Waals surface area contributed by atoms with E-state index in [9.17, 15) is 0 Å². The van der Waals surface area contributed by atoms with Crippen LogP contribution < -0.4 is 0 Å². The van der Waals surface area contributed by atoms with Gasteiger partial charge in [0.2, 0.25) is 0 Å². The van der Waals surface area contributed by atoms with Gasteiger partial charge in [-0.3, -0.25) is 0 Å². The summed E-state index contributed by atoms with van der Waals surface area (Å²) >= 11 is 0. The first-order valence-electron chi connectivity index (χ1n) is 7.55. The van der Waals surface area contributed by atoms with Crippen molar-refractivity contribution < 1.29 is 9.47 Å². The zero-order valence-corrected chi connectivity index (χ0v) is 11.6. The molecular formula is C15H25NO2. The van der Waals surface area contributed by atoms with Gasteiger partial charge >= 0.3 is 0 Å². The Hall–Kier alpha value is -0.570. The highest BCUT2D eigenvalue weighted by Crippen LogP contribution is 2.37. The Balaban J connectivity index is 1.65. The molecule has 3 nitrogen and oxygen atoms in total. The molecule has 0 aromatic carbocycles. The lowest BCUT2D eigenvalue weighted by molar-refractivity contribution is -0.0165. The van der Waals surface area contributed by atoms with Crippen LogP contribution in [-0.4, -0.2) is 31.3 Å². The van der Waals surface area contributed by atoms with Crippen LogP contribution in [0.5, 0.6) is 0 Å². The summed E-state index contributed by atoms with van der Waals surface area (Å²) in [5.74, 6) is 2.30. The molecule has 0 aromatic heterocycles. The highest BCUT2D eigenvalue weighted by Gasteiger charge is 2.42. The zero-order chi connectivity index (χ0) is 12.5. The number of rotatable bonds is 2. The van der Waals surface area contributed by atoms with E-state index in [1.165, 1.54) is 32.1 Å². The summed E-state index contributed by atoms with van der Waals surface area (Å²) in [6.45, 7) is 2.28. The number of fused-ring (bicyclic) bond motifs is 1. The van der Waals surface area contributed by atoms with Crippen molar-refractivity contribution in [3.8, 4) is 0 Å². The van der Waals surface area contributed by atoms with Gasteiger partial charge in [0, 0.05) is 19.4 Å². The third-order valence-electron chi connectivity index (χ3n) is 4.96. The van der Waals surface area contributed by atoms with Crippen LogP contribution in [0.4, 0.5) is 0 Å². The molecule has 3 rings (SSSR count). The van der Waals surface area contributed by atoms with Crippen LogP contribution in [0.25, 0.3) is 0 Å². The van der Waals surface area contributed by atoms with E-state index in [2.05, 4.69) is 6.92 Å². The maximum Gasteiger partial charge on any atom is 0.187 e. The molecule has 2 aliphatic carbocycles. The molecule has 0 spiro atoms. The largest absolute Gasteiger partial charge is 0.475 e. The Morgan fingerprint density at radius 1 is 1.17 bits per heavy atom. The first-order valence-corrected chi connectivity index (χ1v) is 7.55. The van der Waals surface area contributed by atoms with Crippen LogP contribution in [0.2, 0.25) is 0 Å². The summed E-state index contributed by atoms with van der Waals surface area (Å²) in [5, 5.41) is 0. The molecule has 2 fully saturated rings. The van der Waals surface area contributed by atoms with Crippen LogP contribution in [0.15, 0.2) is 4.99 Å². The van der Waals surface area contributed by atoms with Gasteiger partial charge in [-0.2, -0.15) is 0 Å². The van der Waals surface area contributed by atoms with Crippen LogP contribution in [0.3, 0.4) is 0 Å². The second kappa shape index (κ2) is 5.20. The lowest BCUT2D eigenvalue weighted by Crippen LogP contribution is -2.39. The fourth-order valence-electron chi connectivity index (χ4n) is 3.79. The average molecular weight is 251 g/mol. The smallest absolute Gasteiger partial charge is 0.187 e. The van der Waals surface area contributed by atoms with Crippen LogP contribution in [0.1, 0.15) is 51.9 Å². The van der Waals surface area contributed by atoms with Crippen molar-refractivity contribution in [1.82, 2.24) is 0 Å². The Labute approximate surface area is 110 Å². The van der Waals surface area contributed by atoms with Gasteiger partial charge in [-0.25, -0.2) is 4.99 Å². The van der Waals surface area contributed by atoms with Gasteiger partial charge in [-0.1, -0.05) is 26.2 Å². The quantitative estimate of drug-likeness (QED) is 0.754. The topological polar surface area (TPSA) is 30.8 Å². The maximum atomic E-state index is 6.16. The van der Waals surface area contributed by atoms with E-state index in [0.29, 0.717) is 30.1 Å². The molecule has 3 aliphatic rings. The summed E-state index contributed by atoms with van der Waals surface area (Å²) in [5.41, 5.74) is 0. The van der Waals surface area contributed by atoms with E-state index >= 15 is 0 Å². The van der Waals surface area contributed by atoms with Crippen molar-refractivity contribution in [3.05, 3.63) is 0 Å². The van der Waals surface area contributed by atoms with Gasteiger partial charge in [0.05, 0.1) is 12.1 Å². The highest BCUT2D eigenvalue weighted by molar-refractivity contribution is 5.80. The predicted octanol–water partition coefficient (Wildman–Crippen LogP) is 3.18. The van der Waals surface area contributed by atoms with Gasteiger partial charge in [-0.05, 0) is 25.2 Å². The Kier molecular flexibility index (Phi) is 3.60. The van der Waals surface area contributed by atoms with Gasteiger partial charge in [-0.15, -0.1) is 0 Å². The minimum atomic E-state index is 0.295. The normalized spacial score (nSPS) is 41.1. The lowest BCUT2D eigenvalue weighted by Gasteiger charge is -2.34. The first kappa shape index (κ1) is 12.5. The van der Waals surface area contributed by atoms with E-state index in [4.69, 9.17) is 14.5 Å². The molecule has 3 heteroatoms. The van der Waals surface area contributed by atoms with Gasteiger partial charge in [0.1, 0.15) is 6.10 Å². The Bertz CT molecular complexity index is 322. The van der Waals surface area contributed by atoms with E-state index < -0.39 is 0 Å². The molecule has 0 radical (unpaired) electrons. The second-order valence-corrected chi connectivity index (χ2v) is 6.25. The van der Waals surface area contributed by atoms with Crippen molar-refractivity contribution >= 4 is 5.90 Å². The summed E-state index contributed by atoms with van der Waals surface area (Å²) in [4.78, 5) is 4.89. The number of hydrogen-bond acceptors (Lipinski definition) is 3. The molecular weight excluding hydrogens is 226 g/mol. The molecule has 0 bridgehead atoms. The summed E-state index contributed by atoms with van der Waals surface area (Å²) in [7, 11) is 1.82. The van der Waals surface area contributed by atoms with Crippen LogP contribution >= 0.6 is 0 Å². The molecule has 2 saturated carbocycles. The first-order chi connectivity index (χ1) is 8.78. The number of methoxy groups -OCH3 is 1. The zero-order valence-electron chi connectivity index (χ0n) is 11.6. The third kappa shape index (κ3) is 2.29. The maximum absolute atomic E-state index is 6.16. The fourth-order valence-corrected chi connectivity index (χ4v) is 3.79. The minimum absolute atomic E-state index is 0.295. The molecule has 1 heterocycles. The molecule has 4 unspecified atom stereocenters. The molecule has 0 amide bonds. The van der Waals surface area contributed by atoms with Crippen LogP contribution in [0, 0.1) is 11.8 Å². The standard InChI is InChI=1S/C15H25NO2/c1-10-8-12-14(9-13(10)17-2)18-15(16-12)11-6-4-3-5-7-11/h10-14H,3-9H2,1-2H3. The van der Waals surface area contributed by atoms with Gasteiger partial charge < -0.3 is 9.47 Å². The molecule has 1 aliphatic heterocycles. The summed E-state index contributed by atoms with van der Waals surface area (Å²) in [6, 6.07) is 0.406. The van der Waals surface area contributed by atoms with Crippen molar-refractivity contribution in [3.63, 3.8) is 0 Å². The summed E-state index contributed by atoms with van der Waals surface area (Å²) in [6.07, 6.45) is 9.43. The monoisotopic (exact) mass is 251 g/mol. The van der Waals surface area contributed by atoms with E-state index in [1.54, 1.807) is 0 Å². The van der Waals surface area contributed by atoms with Crippen molar-refractivity contribution in [1.29, 1.82) is 0 Å². The molecule has 0 aromatic rings. The number of hydrogen-bond donors (Lipinski definition) is 0. The van der Waals surface area contributed by atoms with Crippen molar-refractivity contribution in [2.24, 2.45) is 16.8 Å². The highest BCUT2D eigenvalue weighted by atomic mass is 16.5. The Morgan fingerprint density at radius 3 is 2.67 bits per heavy atom. The molecule has 18 heavy (non-hydrogen) atoms. The van der Waals surface area contributed by atoms with Crippen LogP contribution in [-0.2, 0) is 9.47 Å². The van der Waals surface area contributed by atoms with Crippen molar-refractivity contribution in [2.75, 3.05) is 7.11 Å². The second-order valence-electron chi connectivity index (χ2n) is 6.25. The van der Waals surface area contributed by atoms with E-state index in [-0.39, 0.29) is 0 Å². The molecule has 0 N–H and O–H groups in total. The number of aliphatic imine (C=N–C) groups is 1. The molecule has 0 saturated heterocycles. The average Bonchev–Trinajstić information content (AvgIpc) is 2.81. The van der Waals surface area contributed by atoms with Gasteiger partial charge in [0.25, 0.3) is 0 Å². The fraction of sp³-hybridized carbons (Fsp3) is 0.933. The SMILES string of the molecule is COC1CC2OC(C3CCCCC3)=NC2CC1C. The lowest BCUT2D eigenvalue weighted by atomic mass is 9.83. The molecule has 102 valence electrons.